The summed E-state index contributed by atoms with van der Waals surface area (Å²) in [6.07, 6.45) is 7.76. The summed E-state index contributed by atoms with van der Waals surface area (Å²) in [7, 11) is -8.12. The van der Waals surface area contributed by atoms with Crippen LogP contribution in [0, 0.1) is 58.0 Å². The van der Waals surface area contributed by atoms with Gasteiger partial charge in [-0.25, -0.2) is 0 Å². The van der Waals surface area contributed by atoms with E-state index in [4.69, 9.17) is 24.0 Å². The van der Waals surface area contributed by atoms with Crippen molar-refractivity contribution in [3.05, 3.63) is 0 Å². The Morgan fingerprint density at radius 2 is 0.766 bits per heavy atom. The van der Waals surface area contributed by atoms with E-state index in [1.165, 1.54) is 38.5 Å². The number of rotatable bonds is 7. The summed E-state index contributed by atoms with van der Waals surface area (Å²) >= 11 is 11.7. The molecule has 0 aliphatic heterocycles. The molecule has 0 aliphatic carbocycles. The first-order chi connectivity index (χ1) is 27.3. The topological polar surface area (TPSA) is 118 Å². The van der Waals surface area contributed by atoms with Crippen LogP contribution >= 0.6 is 37.9 Å². The van der Waals surface area contributed by atoms with Crippen molar-refractivity contribution in [1.29, 1.82) is 0 Å². The third-order valence-corrected chi connectivity index (χ3v) is 3.85. The molecule has 0 bridgehead atoms. The number of carbonyl (C=O) groups is 1. The number of hydrogen-bond donors (Lipinski definition) is 8. The van der Waals surface area contributed by atoms with Gasteiger partial charge < -0.3 is 24.0 Å². The lowest BCUT2D eigenvalue weighted by molar-refractivity contribution is -0.109. The first-order valence-electron chi connectivity index (χ1n) is 22.2. The number of carbonyl (C=O) groups excluding carboxylic acids is 1. The van der Waals surface area contributed by atoms with Gasteiger partial charge in [-0.05, 0) is 141 Å². The first-order valence-corrected chi connectivity index (χ1v) is 35.9. The monoisotopic (exact) mass is 1040 g/mol. The van der Waals surface area contributed by atoms with Gasteiger partial charge >= 0.3 is 9.28 Å². The largest absolute Gasteiger partial charge is 0.433 e. The normalized spacial score (nSPS) is 7.84. The Balaban J connectivity index is -0.0000000262. The Kier molecular flexibility index (Phi) is 180. The van der Waals surface area contributed by atoms with Gasteiger partial charge in [-0.2, -0.15) is 25.3 Å². The molecule has 0 aromatic rings. The van der Waals surface area contributed by atoms with Crippen molar-refractivity contribution in [2.45, 2.75) is 259 Å². The maximum Gasteiger partial charge on any atom is 0.404 e. The zero-order valence-electron chi connectivity index (χ0n) is 45.3. The van der Waals surface area contributed by atoms with E-state index in [0.717, 1.165) is 17.4 Å². The van der Waals surface area contributed by atoms with Gasteiger partial charge in [0.15, 0.2) is 25.0 Å². The maximum atomic E-state index is 10.5. The van der Waals surface area contributed by atoms with E-state index >= 15 is 0 Å². The molecule has 0 heterocycles. The van der Waals surface area contributed by atoms with Crippen LogP contribution in [0.2, 0.25) is 58.9 Å². The minimum atomic E-state index is -3.28. The second-order valence-electron chi connectivity index (χ2n) is 15.6. The van der Waals surface area contributed by atoms with Crippen LogP contribution in [0.25, 0.3) is 0 Å². The third-order valence-electron chi connectivity index (χ3n) is 2.49. The van der Waals surface area contributed by atoms with Gasteiger partial charge in [-0.3, -0.25) is 4.79 Å². The molecule has 0 aromatic carbocycles. The predicted molar refractivity (Wildman–Crippen MR) is 329 cm³/mol. The highest BCUT2D eigenvalue weighted by Gasteiger charge is 2.10. The van der Waals surface area contributed by atoms with E-state index in [9.17, 15) is 4.79 Å². The minimum absolute atomic E-state index is 0. The summed E-state index contributed by atoms with van der Waals surface area (Å²) < 4.78 is 0. The van der Waals surface area contributed by atoms with E-state index in [1.54, 1.807) is 0 Å². The van der Waals surface area contributed by atoms with Crippen LogP contribution in [0.4, 0.5) is 0 Å². The fourth-order valence-electron chi connectivity index (χ4n) is 1.17. The number of unbranched alkanes of at least 4 members (excludes halogenated alkanes) is 2. The van der Waals surface area contributed by atoms with E-state index in [2.05, 4.69) is 141 Å². The van der Waals surface area contributed by atoms with E-state index in [0.29, 0.717) is 5.41 Å². The van der Waals surface area contributed by atoms with E-state index in [1.807, 2.05) is 134 Å². The van der Waals surface area contributed by atoms with Gasteiger partial charge in [-0.1, -0.05) is 200 Å². The zero-order valence-corrected chi connectivity index (χ0v) is 52.1. The minimum Gasteiger partial charge on any atom is -0.433 e. The van der Waals surface area contributed by atoms with Crippen LogP contribution < -0.4 is 0 Å². The van der Waals surface area contributed by atoms with Crippen molar-refractivity contribution in [3.63, 3.8) is 0 Å². The Labute approximate surface area is 431 Å². The fraction of sp³-hybridized carbons (Fsp3) is 0.824. The maximum absolute atomic E-state index is 10.5. The molecule has 0 aliphatic rings. The SMILES string of the molecule is C.C.C.C.CC.CC.CC.CC.CC.CC(C)(C)C.CC(C)CCCS.CCC.CCCCCS.C[Si](C)(C)O.C[Si](C)(C)O.C[Si](C)(C)O.O=C(C#CC#CC#CC#CS)[SiH](O)O. The Morgan fingerprint density at radius 3 is 0.906 bits per heavy atom. The van der Waals surface area contributed by atoms with E-state index in [-0.39, 0.29) is 29.7 Å². The smallest absolute Gasteiger partial charge is 0.404 e. The molecule has 13 heteroatoms. The Bertz CT molecular complexity index is 899. The summed E-state index contributed by atoms with van der Waals surface area (Å²) in [5.74, 6) is 18.5. The molecule has 5 N–H and O–H groups in total. The summed E-state index contributed by atoms with van der Waals surface area (Å²) in [6.45, 7) is 56.6. The highest BCUT2D eigenvalue weighted by atomic mass is 32.1. The molecule has 0 saturated heterocycles. The fourth-order valence-corrected chi connectivity index (χ4v) is 1.84. The summed E-state index contributed by atoms with van der Waals surface area (Å²) in [5.41, 5.74) is 0.500. The van der Waals surface area contributed by atoms with Crippen LogP contribution in [0.15, 0.2) is 0 Å². The predicted octanol–water partition coefficient (Wildman–Crippen LogP) is 16.2. The quantitative estimate of drug-likeness (QED) is 0.0557. The third kappa shape index (κ3) is 588. The molecule has 0 aromatic heterocycles. The van der Waals surface area contributed by atoms with Crippen LogP contribution in [-0.2, 0) is 4.79 Å². The average molecular weight is 1040 g/mol. The lowest BCUT2D eigenvalue weighted by atomic mass is 10.0. The van der Waals surface area contributed by atoms with Gasteiger partial charge in [0, 0.05) is 0 Å². The van der Waals surface area contributed by atoms with Gasteiger partial charge in [0.05, 0.1) is 0 Å². The molecule has 0 saturated carbocycles. The number of hydrogen-bond acceptors (Lipinski definition) is 9. The molecule has 6 nitrogen and oxygen atoms in total. The van der Waals surface area contributed by atoms with Crippen LogP contribution in [0.3, 0.4) is 0 Å². The Morgan fingerprint density at radius 1 is 0.547 bits per heavy atom. The molecule has 0 unspecified atom stereocenters. The van der Waals surface area contributed by atoms with Gasteiger partial charge in [0.25, 0.3) is 0 Å². The van der Waals surface area contributed by atoms with Gasteiger partial charge in [0.1, 0.15) is 0 Å². The highest BCUT2D eigenvalue weighted by molar-refractivity contribution is 7.85. The molecular formula is C51H126O6S3Si4. The summed E-state index contributed by atoms with van der Waals surface area (Å²) in [4.78, 5) is 53.4. The van der Waals surface area contributed by atoms with E-state index < -0.39 is 39.6 Å². The highest BCUT2D eigenvalue weighted by Crippen LogP contribution is 2.08. The van der Waals surface area contributed by atoms with Gasteiger partial charge in [-0.15, -0.1) is 0 Å². The summed E-state index contributed by atoms with van der Waals surface area (Å²) in [5, 5.41) is 1.37. The van der Waals surface area contributed by atoms with Crippen LogP contribution in [0.1, 0.15) is 200 Å². The molecule has 64 heavy (non-hydrogen) atoms. The van der Waals surface area contributed by atoms with Crippen molar-refractivity contribution in [2.75, 3.05) is 11.5 Å². The molecular weight excluding hydrogens is 917 g/mol. The van der Waals surface area contributed by atoms with Crippen molar-refractivity contribution in [3.8, 4) is 46.7 Å². The van der Waals surface area contributed by atoms with Crippen LogP contribution in [-0.4, -0.2) is 75.1 Å². The molecule has 0 rings (SSSR count). The van der Waals surface area contributed by atoms with Crippen molar-refractivity contribution in [1.82, 2.24) is 0 Å². The average Bonchev–Trinajstić information content (AvgIpc) is 3.11. The number of thiol groups is 3. The van der Waals surface area contributed by atoms with Crippen LogP contribution in [0.5, 0.6) is 0 Å². The van der Waals surface area contributed by atoms with Gasteiger partial charge in [0.2, 0.25) is 5.41 Å². The van der Waals surface area contributed by atoms with Crippen molar-refractivity contribution >= 4 is 77.5 Å². The second-order valence-corrected chi connectivity index (χ2v) is 31.0. The Hall–Kier alpha value is -0.372. The molecule has 0 fully saturated rings. The standard InChI is InChI=1S/C9H4O3SSi.C6H14S.C5H12S.C5H12.3C3H10OSi.C3H8.5C2H6.4CH4/c10-9(14(11)12)7-5-3-1-2-4-6-8-13;1-6(2)4-3-5-7;1-2-3-4-5-6;4*1-5(2,3)4;1-3-2;5*1-2;;;;/h11-14H;6-7H,3-5H2,1-2H3;6H,2-5H2,1H3;1-4H3;3*4H,1-3H3;3H2,1-2H3;5*1-2H3;4*1H4. The molecule has 0 atom stereocenters. The molecule has 0 spiro atoms. The molecule has 400 valence electrons. The lowest BCUT2D eigenvalue weighted by Crippen LogP contribution is -2.23. The zero-order chi connectivity index (χ0) is 52.0. The first kappa shape index (κ1) is 115. The second kappa shape index (κ2) is 101. The van der Waals surface area contributed by atoms with Crippen molar-refractivity contribution < 1.29 is 28.8 Å². The summed E-state index contributed by atoms with van der Waals surface area (Å²) in [6, 6.07) is 0. The molecule has 0 amide bonds. The van der Waals surface area contributed by atoms with Crippen molar-refractivity contribution in [2.24, 2.45) is 11.3 Å². The lowest BCUT2D eigenvalue weighted by Gasteiger charge is -2.05. The molecule has 0 radical (unpaired) electrons.